The zero-order chi connectivity index (χ0) is 16.9. The van der Waals surface area contributed by atoms with Gasteiger partial charge in [-0.15, -0.1) is 0 Å². The first-order valence-corrected chi connectivity index (χ1v) is 8.76. The molecule has 0 saturated heterocycles. The molecule has 0 N–H and O–H groups in total. The molecular weight excluding hydrogens is 314 g/mol. The highest BCUT2D eigenvalue weighted by atomic mass is 32.2. The van der Waals surface area contributed by atoms with Gasteiger partial charge in [0.25, 0.3) is 0 Å². The molecule has 2 rings (SSSR count). The van der Waals surface area contributed by atoms with Gasteiger partial charge in [-0.3, -0.25) is 0 Å². The van der Waals surface area contributed by atoms with E-state index in [1.54, 1.807) is 39.5 Å². The number of hydrogen-bond donors (Lipinski definition) is 0. The smallest absolute Gasteiger partial charge is 0.218 e. The van der Waals surface area contributed by atoms with E-state index >= 15 is 0 Å². The van der Waals surface area contributed by atoms with Gasteiger partial charge in [0.2, 0.25) is 10.0 Å². The van der Waals surface area contributed by atoms with Gasteiger partial charge in [0.05, 0.1) is 20.0 Å². The Morgan fingerprint density at radius 2 is 1.65 bits per heavy atom. The van der Waals surface area contributed by atoms with Crippen LogP contribution in [0.3, 0.4) is 0 Å². The zero-order valence-corrected chi connectivity index (χ0v) is 14.3. The van der Waals surface area contributed by atoms with Crippen LogP contribution in [0.2, 0.25) is 0 Å². The summed E-state index contributed by atoms with van der Waals surface area (Å²) < 4.78 is 37.0. The van der Waals surface area contributed by atoms with Gasteiger partial charge in [0.1, 0.15) is 0 Å². The van der Waals surface area contributed by atoms with Crippen LogP contribution in [0.1, 0.15) is 11.1 Å². The van der Waals surface area contributed by atoms with Crippen LogP contribution in [0.4, 0.5) is 0 Å². The molecule has 0 heterocycles. The summed E-state index contributed by atoms with van der Waals surface area (Å²) in [7, 11) is 1.24. The van der Waals surface area contributed by atoms with Crippen LogP contribution in [0.25, 0.3) is 0 Å². The third-order valence-corrected chi connectivity index (χ3v) is 5.32. The Morgan fingerprint density at radius 1 is 0.957 bits per heavy atom. The SMILES string of the molecule is COc1cccc(CN(C)S(=O)(=O)Cc2ccccc2)c1OC. The first kappa shape index (κ1) is 17.3. The van der Waals surface area contributed by atoms with Gasteiger partial charge < -0.3 is 9.47 Å². The lowest BCUT2D eigenvalue weighted by molar-refractivity contribution is 0.347. The van der Waals surface area contributed by atoms with Crippen molar-refractivity contribution in [2.75, 3.05) is 21.3 Å². The number of para-hydroxylation sites is 1. The molecule has 124 valence electrons. The molecule has 2 aromatic carbocycles. The molecule has 0 aliphatic rings. The van der Waals surface area contributed by atoms with E-state index in [0.717, 1.165) is 11.1 Å². The molecular formula is C17H21NO4S. The second kappa shape index (κ2) is 7.48. The molecule has 2 aromatic rings. The summed E-state index contributed by atoms with van der Waals surface area (Å²) in [4.78, 5) is 0. The summed E-state index contributed by atoms with van der Waals surface area (Å²) in [6, 6.07) is 14.5. The van der Waals surface area contributed by atoms with Gasteiger partial charge in [-0.2, -0.15) is 0 Å². The molecule has 0 atom stereocenters. The molecule has 0 radical (unpaired) electrons. The van der Waals surface area contributed by atoms with Gasteiger partial charge in [-0.05, 0) is 11.6 Å². The van der Waals surface area contributed by atoms with E-state index in [1.165, 1.54) is 4.31 Å². The molecule has 0 saturated carbocycles. The molecule has 5 nitrogen and oxygen atoms in total. The Bertz CT molecular complexity index is 744. The normalized spacial score (nSPS) is 11.5. The van der Waals surface area contributed by atoms with Crippen molar-refractivity contribution in [2.24, 2.45) is 0 Å². The maximum absolute atomic E-state index is 12.5. The molecule has 0 aliphatic carbocycles. The van der Waals surface area contributed by atoms with E-state index in [4.69, 9.17) is 9.47 Å². The fraction of sp³-hybridized carbons (Fsp3) is 0.294. The Balaban J connectivity index is 2.20. The first-order chi connectivity index (χ1) is 11.0. The maximum atomic E-state index is 12.5. The van der Waals surface area contributed by atoms with Crippen molar-refractivity contribution >= 4 is 10.0 Å². The number of ether oxygens (including phenoxy) is 2. The van der Waals surface area contributed by atoms with Crippen LogP contribution in [-0.4, -0.2) is 34.0 Å². The van der Waals surface area contributed by atoms with Gasteiger partial charge in [0, 0.05) is 19.2 Å². The summed E-state index contributed by atoms with van der Waals surface area (Å²) in [6.07, 6.45) is 0. The summed E-state index contributed by atoms with van der Waals surface area (Å²) >= 11 is 0. The predicted octanol–water partition coefficient (Wildman–Crippen LogP) is 2.67. The second-order valence-corrected chi connectivity index (χ2v) is 7.23. The number of nitrogens with zero attached hydrogens (tertiary/aromatic N) is 1. The van der Waals surface area contributed by atoms with Crippen molar-refractivity contribution in [3.05, 3.63) is 59.7 Å². The molecule has 0 aliphatic heterocycles. The Labute approximate surface area is 137 Å². The Morgan fingerprint density at radius 3 is 2.26 bits per heavy atom. The number of methoxy groups -OCH3 is 2. The third-order valence-electron chi connectivity index (χ3n) is 3.54. The Kier molecular flexibility index (Phi) is 5.63. The molecule has 0 fully saturated rings. The maximum Gasteiger partial charge on any atom is 0.218 e. The van der Waals surface area contributed by atoms with Crippen LogP contribution in [0, 0.1) is 0 Å². The van der Waals surface area contributed by atoms with E-state index in [1.807, 2.05) is 30.3 Å². The lowest BCUT2D eigenvalue weighted by Crippen LogP contribution is -2.28. The van der Waals surface area contributed by atoms with Crippen LogP contribution < -0.4 is 9.47 Å². The molecule has 6 heteroatoms. The van der Waals surface area contributed by atoms with E-state index in [9.17, 15) is 8.42 Å². The minimum atomic E-state index is -3.42. The zero-order valence-electron chi connectivity index (χ0n) is 13.5. The quantitative estimate of drug-likeness (QED) is 0.780. The van der Waals surface area contributed by atoms with Crippen LogP contribution in [0.15, 0.2) is 48.5 Å². The van der Waals surface area contributed by atoms with E-state index in [2.05, 4.69) is 0 Å². The van der Waals surface area contributed by atoms with Crippen molar-refractivity contribution in [1.82, 2.24) is 4.31 Å². The topological polar surface area (TPSA) is 55.8 Å². The molecule has 0 bridgehead atoms. The van der Waals surface area contributed by atoms with E-state index < -0.39 is 10.0 Å². The minimum absolute atomic E-state index is 0.0311. The predicted molar refractivity (Wildman–Crippen MR) is 90.1 cm³/mol. The average molecular weight is 335 g/mol. The largest absolute Gasteiger partial charge is 0.493 e. The van der Waals surface area contributed by atoms with Crippen molar-refractivity contribution in [3.63, 3.8) is 0 Å². The number of sulfonamides is 1. The molecule has 0 unspecified atom stereocenters. The van der Waals surface area contributed by atoms with Crippen molar-refractivity contribution in [3.8, 4) is 11.5 Å². The van der Waals surface area contributed by atoms with Gasteiger partial charge in [0.15, 0.2) is 11.5 Å². The standard InChI is InChI=1S/C17H21NO4S/c1-18(23(19,20)13-14-8-5-4-6-9-14)12-15-10-7-11-16(21-2)17(15)22-3/h4-11H,12-13H2,1-3H3. The lowest BCUT2D eigenvalue weighted by atomic mass is 10.2. The van der Waals surface area contributed by atoms with Gasteiger partial charge in [-0.25, -0.2) is 12.7 Å². The molecule has 0 spiro atoms. The fourth-order valence-corrected chi connectivity index (χ4v) is 3.48. The molecule has 23 heavy (non-hydrogen) atoms. The van der Waals surface area contributed by atoms with E-state index in [-0.39, 0.29) is 12.3 Å². The Hall–Kier alpha value is -2.05. The van der Waals surface area contributed by atoms with Crippen molar-refractivity contribution < 1.29 is 17.9 Å². The second-order valence-electron chi connectivity index (χ2n) is 5.15. The fourth-order valence-electron chi connectivity index (χ4n) is 2.31. The van der Waals surface area contributed by atoms with Crippen LogP contribution >= 0.6 is 0 Å². The summed E-state index contributed by atoms with van der Waals surface area (Å²) in [5, 5.41) is 0. The number of benzene rings is 2. The third kappa shape index (κ3) is 4.24. The number of rotatable bonds is 7. The molecule has 0 aromatic heterocycles. The van der Waals surface area contributed by atoms with Gasteiger partial charge >= 0.3 is 0 Å². The monoisotopic (exact) mass is 335 g/mol. The summed E-state index contributed by atoms with van der Waals surface area (Å²) in [5.41, 5.74) is 1.52. The van der Waals surface area contributed by atoms with E-state index in [0.29, 0.717) is 11.5 Å². The van der Waals surface area contributed by atoms with Gasteiger partial charge in [-0.1, -0.05) is 42.5 Å². The van der Waals surface area contributed by atoms with Crippen LogP contribution in [-0.2, 0) is 22.3 Å². The summed E-state index contributed by atoms with van der Waals surface area (Å²) in [5.74, 6) is 1.10. The molecule has 0 amide bonds. The highest BCUT2D eigenvalue weighted by molar-refractivity contribution is 7.88. The van der Waals surface area contributed by atoms with Crippen molar-refractivity contribution in [2.45, 2.75) is 12.3 Å². The lowest BCUT2D eigenvalue weighted by Gasteiger charge is -2.19. The number of hydrogen-bond acceptors (Lipinski definition) is 4. The highest BCUT2D eigenvalue weighted by Gasteiger charge is 2.21. The van der Waals surface area contributed by atoms with Crippen molar-refractivity contribution in [1.29, 1.82) is 0 Å². The first-order valence-electron chi connectivity index (χ1n) is 7.15. The summed E-state index contributed by atoms with van der Waals surface area (Å²) in [6.45, 7) is 0.218. The highest BCUT2D eigenvalue weighted by Crippen LogP contribution is 2.31. The van der Waals surface area contributed by atoms with Crippen LogP contribution in [0.5, 0.6) is 11.5 Å². The minimum Gasteiger partial charge on any atom is -0.493 e. The average Bonchev–Trinajstić information content (AvgIpc) is 2.55.